The van der Waals surface area contributed by atoms with E-state index in [4.69, 9.17) is 0 Å². The third-order valence-corrected chi connectivity index (χ3v) is 5.58. The molecule has 0 unspecified atom stereocenters. The molecule has 4 nitrogen and oxygen atoms in total. The summed E-state index contributed by atoms with van der Waals surface area (Å²) >= 11 is 1.90. The predicted octanol–water partition coefficient (Wildman–Crippen LogP) is 2.17. The largest absolute Gasteiger partial charge is 0.341 e. The smallest absolute Gasteiger partial charge is 0.228 e. The van der Waals surface area contributed by atoms with Gasteiger partial charge in [0.25, 0.3) is 0 Å². The maximum Gasteiger partial charge on any atom is 0.228 e. The van der Waals surface area contributed by atoms with Gasteiger partial charge in [0.05, 0.1) is 12.0 Å². The summed E-state index contributed by atoms with van der Waals surface area (Å²) in [6, 6.07) is 9.82. The van der Waals surface area contributed by atoms with Crippen LogP contribution in [0.25, 0.3) is 0 Å². The third-order valence-electron chi connectivity index (χ3n) is 4.64. The topological polar surface area (TPSA) is 40.6 Å². The molecule has 2 aliphatic rings. The molecule has 0 bridgehead atoms. The van der Waals surface area contributed by atoms with Crippen LogP contribution < -0.4 is 0 Å². The van der Waals surface area contributed by atoms with Crippen LogP contribution in [-0.4, -0.2) is 53.3 Å². The summed E-state index contributed by atoms with van der Waals surface area (Å²) in [5, 5.41) is 0. The Morgan fingerprint density at radius 2 is 1.86 bits per heavy atom. The summed E-state index contributed by atoms with van der Waals surface area (Å²) < 4.78 is 0. The fraction of sp³-hybridized carbons (Fsp3) is 0.529. The molecule has 2 aliphatic heterocycles. The highest BCUT2D eigenvalue weighted by Gasteiger charge is 2.40. The summed E-state index contributed by atoms with van der Waals surface area (Å²) in [5.74, 6) is 2.26. The van der Waals surface area contributed by atoms with E-state index in [1.807, 2.05) is 54.0 Å². The lowest BCUT2D eigenvalue weighted by Gasteiger charge is -2.41. The summed E-state index contributed by atoms with van der Waals surface area (Å²) in [6.45, 7) is 1.67. The minimum absolute atomic E-state index is 0.117. The zero-order valence-electron chi connectivity index (χ0n) is 12.9. The van der Waals surface area contributed by atoms with Gasteiger partial charge in [0.15, 0.2) is 0 Å². The van der Waals surface area contributed by atoms with E-state index < -0.39 is 0 Å². The van der Waals surface area contributed by atoms with Gasteiger partial charge < -0.3 is 9.80 Å². The van der Waals surface area contributed by atoms with Gasteiger partial charge in [-0.05, 0) is 12.0 Å². The molecule has 0 spiro atoms. The molecule has 0 aliphatic carbocycles. The SMILES string of the molecule is CN1C(=O)CC[C@@H](C(=O)N2CCSCC2)[C@@H]1c1ccccc1. The first-order valence-corrected chi connectivity index (χ1v) is 9.01. The molecular formula is C17H22N2O2S. The van der Waals surface area contributed by atoms with Crippen molar-refractivity contribution in [2.24, 2.45) is 5.92 Å². The summed E-state index contributed by atoms with van der Waals surface area (Å²) in [7, 11) is 1.82. The average Bonchev–Trinajstić information content (AvgIpc) is 2.58. The monoisotopic (exact) mass is 318 g/mol. The molecule has 3 rings (SSSR count). The first kappa shape index (κ1) is 15.4. The van der Waals surface area contributed by atoms with Crippen LogP contribution in [0.5, 0.6) is 0 Å². The van der Waals surface area contributed by atoms with Crippen molar-refractivity contribution >= 4 is 23.6 Å². The van der Waals surface area contributed by atoms with Gasteiger partial charge in [-0.15, -0.1) is 0 Å². The molecule has 0 radical (unpaired) electrons. The van der Waals surface area contributed by atoms with Crippen LogP contribution in [0.1, 0.15) is 24.4 Å². The van der Waals surface area contributed by atoms with Gasteiger partial charge in [-0.25, -0.2) is 0 Å². The molecule has 2 atom stereocenters. The van der Waals surface area contributed by atoms with Crippen molar-refractivity contribution in [3.8, 4) is 0 Å². The van der Waals surface area contributed by atoms with Crippen LogP contribution in [-0.2, 0) is 9.59 Å². The number of benzene rings is 1. The molecule has 118 valence electrons. The summed E-state index contributed by atoms with van der Waals surface area (Å²) in [4.78, 5) is 28.8. The van der Waals surface area contributed by atoms with Gasteiger partial charge in [0.1, 0.15) is 0 Å². The number of hydrogen-bond acceptors (Lipinski definition) is 3. The Morgan fingerprint density at radius 3 is 2.55 bits per heavy atom. The van der Waals surface area contributed by atoms with Gasteiger partial charge in [0.2, 0.25) is 11.8 Å². The van der Waals surface area contributed by atoms with Gasteiger partial charge in [-0.2, -0.15) is 11.8 Å². The van der Waals surface area contributed by atoms with Crippen LogP contribution in [0.4, 0.5) is 0 Å². The second-order valence-corrected chi connectivity index (χ2v) is 7.17. The second-order valence-electron chi connectivity index (χ2n) is 5.94. The Morgan fingerprint density at radius 1 is 1.18 bits per heavy atom. The predicted molar refractivity (Wildman–Crippen MR) is 88.6 cm³/mol. The number of piperidine rings is 1. The van der Waals surface area contributed by atoms with Crippen LogP contribution >= 0.6 is 11.8 Å². The van der Waals surface area contributed by atoms with E-state index in [0.717, 1.165) is 30.2 Å². The molecular weight excluding hydrogens is 296 g/mol. The van der Waals surface area contributed by atoms with E-state index >= 15 is 0 Å². The van der Waals surface area contributed by atoms with Gasteiger partial charge in [-0.3, -0.25) is 9.59 Å². The van der Waals surface area contributed by atoms with Gasteiger partial charge >= 0.3 is 0 Å². The number of hydrogen-bond donors (Lipinski definition) is 0. The number of likely N-dealkylation sites (tertiary alicyclic amines) is 1. The quantitative estimate of drug-likeness (QED) is 0.839. The average molecular weight is 318 g/mol. The lowest BCUT2D eigenvalue weighted by Crippen LogP contribution is -2.49. The van der Waals surface area contributed by atoms with Gasteiger partial charge in [0, 0.05) is 38.1 Å². The van der Waals surface area contributed by atoms with Gasteiger partial charge in [-0.1, -0.05) is 30.3 Å². The third kappa shape index (κ3) is 3.00. The molecule has 2 heterocycles. The number of amides is 2. The highest BCUT2D eigenvalue weighted by Crippen LogP contribution is 2.37. The van der Waals surface area contributed by atoms with Crippen molar-refractivity contribution in [3.05, 3.63) is 35.9 Å². The van der Waals surface area contributed by atoms with Crippen molar-refractivity contribution < 1.29 is 9.59 Å². The molecule has 0 saturated carbocycles. The Balaban J connectivity index is 1.86. The number of thioether (sulfide) groups is 1. The molecule has 2 fully saturated rings. The highest BCUT2D eigenvalue weighted by atomic mass is 32.2. The van der Waals surface area contributed by atoms with Crippen molar-refractivity contribution in [1.82, 2.24) is 9.80 Å². The maximum atomic E-state index is 13.0. The van der Waals surface area contributed by atoms with Crippen molar-refractivity contribution in [3.63, 3.8) is 0 Å². The van der Waals surface area contributed by atoms with Crippen LogP contribution in [0, 0.1) is 5.92 Å². The highest BCUT2D eigenvalue weighted by molar-refractivity contribution is 7.99. The number of nitrogens with zero attached hydrogens (tertiary/aromatic N) is 2. The molecule has 0 N–H and O–H groups in total. The number of carbonyl (C=O) groups excluding carboxylic acids is 2. The number of carbonyl (C=O) groups is 2. The molecule has 2 saturated heterocycles. The molecule has 1 aromatic carbocycles. The van der Waals surface area contributed by atoms with E-state index in [-0.39, 0.29) is 23.8 Å². The maximum absolute atomic E-state index is 13.0. The lowest BCUT2D eigenvalue weighted by molar-refractivity contribution is -0.146. The Kier molecular flexibility index (Phi) is 4.71. The van der Waals surface area contributed by atoms with E-state index in [1.54, 1.807) is 4.90 Å². The van der Waals surface area contributed by atoms with Crippen molar-refractivity contribution in [2.75, 3.05) is 31.6 Å². The molecule has 5 heteroatoms. The minimum Gasteiger partial charge on any atom is -0.341 e. The molecule has 0 aromatic heterocycles. The normalized spacial score (nSPS) is 26.1. The summed E-state index contributed by atoms with van der Waals surface area (Å²) in [5.41, 5.74) is 1.06. The fourth-order valence-electron chi connectivity index (χ4n) is 3.42. The standard InChI is InChI=1S/C17H22N2O2S/c1-18-15(20)8-7-14(16(18)13-5-3-2-4-6-13)17(21)19-9-11-22-12-10-19/h2-6,14,16H,7-12H2,1H3/t14-,16+/m1/s1. The molecule has 1 aromatic rings. The fourth-order valence-corrected chi connectivity index (χ4v) is 4.32. The van der Waals surface area contributed by atoms with Crippen LogP contribution in [0.3, 0.4) is 0 Å². The Labute approximate surface area is 135 Å². The minimum atomic E-state index is -0.135. The molecule has 22 heavy (non-hydrogen) atoms. The van der Waals surface area contributed by atoms with E-state index in [9.17, 15) is 9.59 Å². The summed E-state index contributed by atoms with van der Waals surface area (Å²) in [6.07, 6.45) is 1.13. The van der Waals surface area contributed by atoms with E-state index in [0.29, 0.717) is 12.8 Å². The van der Waals surface area contributed by atoms with Crippen LogP contribution in [0.2, 0.25) is 0 Å². The van der Waals surface area contributed by atoms with Crippen LogP contribution in [0.15, 0.2) is 30.3 Å². The second kappa shape index (κ2) is 6.73. The van der Waals surface area contributed by atoms with Crippen molar-refractivity contribution in [1.29, 1.82) is 0 Å². The van der Waals surface area contributed by atoms with E-state index in [1.165, 1.54) is 0 Å². The first-order valence-electron chi connectivity index (χ1n) is 7.85. The van der Waals surface area contributed by atoms with Crippen molar-refractivity contribution in [2.45, 2.75) is 18.9 Å². The Bertz CT molecular complexity index is 543. The molecule has 2 amide bonds. The first-order chi connectivity index (χ1) is 10.7. The Hall–Kier alpha value is -1.49. The lowest BCUT2D eigenvalue weighted by atomic mass is 9.83. The zero-order chi connectivity index (χ0) is 15.5. The van der Waals surface area contributed by atoms with E-state index in [2.05, 4.69) is 0 Å². The zero-order valence-corrected chi connectivity index (χ0v) is 13.7. The number of rotatable bonds is 2.